The normalized spacial score (nSPS) is 25.4. The summed E-state index contributed by atoms with van der Waals surface area (Å²) in [6.45, 7) is 1.91. The zero-order valence-corrected chi connectivity index (χ0v) is 10.1. The summed E-state index contributed by atoms with van der Waals surface area (Å²) in [5.41, 5.74) is 6.17. The van der Waals surface area contributed by atoms with Crippen LogP contribution in [0.25, 0.3) is 0 Å². The maximum atomic E-state index is 6.17. The van der Waals surface area contributed by atoms with Crippen LogP contribution in [0.15, 0.2) is 12.3 Å². The van der Waals surface area contributed by atoms with E-state index in [1.807, 2.05) is 19.2 Å². The van der Waals surface area contributed by atoms with Gasteiger partial charge in [-0.15, -0.1) is 0 Å². The average molecular weight is 220 g/mol. The average Bonchev–Trinajstić information content (AvgIpc) is 2.29. The molecular weight excluding hydrogens is 200 g/mol. The number of rotatable bonds is 2. The van der Waals surface area contributed by atoms with Crippen LogP contribution in [-0.2, 0) is 0 Å². The standard InChI is InChI=1S/C12H20N4/c1-9-14-8-7-12(15-9)16(2)11-6-4-3-5-10(11)13/h7-8,10-11H,3-6,13H2,1-2H3. The number of likely N-dealkylation sites (N-methyl/N-ethyl adjacent to an activating group) is 1. The van der Waals surface area contributed by atoms with Gasteiger partial charge in [0.15, 0.2) is 0 Å². The fraction of sp³-hybridized carbons (Fsp3) is 0.667. The van der Waals surface area contributed by atoms with Crippen molar-refractivity contribution in [3.05, 3.63) is 18.1 Å². The Morgan fingerprint density at radius 3 is 2.81 bits per heavy atom. The van der Waals surface area contributed by atoms with Gasteiger partial charge >= 0.3 is 0 Å². The fourth-order valence-corrected chi connectivity index (χ4v) is 2.43. The molecule has 1 fully saturated rings. The van der Waals surface area contributed by atoms with E-state index in [0.717, 1.165) is 18.1 Å². The van der Waals surface area contributed by atoms with Crippen LogP contribution in [0.1, 0.15) is 31.5 Å². The molecular formula is C12H20N4. The minimum atomic E-state index is 0.272. The molecule has 16 heavy (non-hydrogen) atoms. The van der Waals surface area contributed by atoms with E-state index in [1.54, 1.807) is 0 Å². The molecule has 0 aliphatic heterocycles. The van der Waals surface area contributed by atoms with E-state index in [-0.39, 0.29) is 6.04 Å². The smallest absolute Gasteiger partial charge is 0.132 e. The summed E-state index contributed by atoms with van der Waals surface area (Å²) < 4.78 is 0. The first kappa shape index (κ1) is 11.3. The zero-order chi connectivity index (χ0) is 11.5. The van der Waals surface area contributed by atoms with Crippen molar-refractivity contribution in [2.75, 3.05) is 11.9 Å². The molecule has 1 aliphatic rings. The van der Waals surface area contributed by atoms with Crippen molar-refractivity contribution < 1.29 is 0 Å². The van der Waals surface area contributed by atoms with Crippen molar-refractivity contribution in [2.24, 2.45) is 5.73 Å². The third-order valence-electron chi connectivity index (χ3n) is 3.40. The van der Waals surface area contributed by atoms with Gasteiger partial charge in [0, 0.05) is 25.3 Å². The Labute approximate surface area is 96.9 Å². The molecule has 1 aliphatic carbocycles. The topological polar surface area (TPSA) is 55.0 Å². The summed E-state index contributed by atoms with van der Waals surface area (Å²) in [5.74, 6) is 1.79. The largest absolute Gasteiger partial charge is 0.355 e. The molecule has 0 bridgehead atoms. The molecule has 1 aromatic rings. The molecule has 2 N–H and O–H groups in total. The number of nitrogens with two attached hydrogens (primary N) is 1. The summed E-state index contributed by atoms with van der Waals surface area (Å²) in [6.07, 6.45) is 6.63. The van der Waals surface area contributed by atoms with Crippen molar-refractivity contribution in [3.63, 3.8) is 0 Å². The van der Waals surface area contributed by atoms with Crippen LogP contribution in [0.4, 0.5) is 5.82 Å². The van der Waals surface area contributed by atoms with E-state index in [2.05, 4.69) is 21.9 Å². The van der Waals surface area contributed by atoms with Gasteiger partial charge in [-0.05, 0) is 25.8 Å². The van der Waals surface area contributed by atoms with E-state index in [1.165, 1.54) is 19.3 Å². The van der Waals surface area contributed by atoms with Crippen molar-refractivity contribution in [1.29, 1.82) is 0 Å². The van der Waals surface area contributed by atoms with Crippen molar-refractivity contribution in [1.82, 2.24) is 9.97 Å². The second kappa shape index (κ2) is 4.78. The lowest BCUT2D eigenvalue weighted by molar-refractivity contribution is 0.372. The Balaban J connectivity index is 2.14. The molecule has 2 atom stereocenters. The van der Waals surface area contributed by atoms with E-state index < -0.39 is 0 Å². The quantitative estimate of drug-likeness (QED) is 0.820. The molecule has 2 rings (SSSR count). The van der Waals surface area contributed by atoms with Gasteiger partial charge in [-0.25, -0.2) is 9.97 Å². The highest BCUT2D eigenvalue weighted by Crippen LogP contribution is 2.24. The van der Waals surface area contributed by atoms with E-state index in [9.17, 15) is 0 Å². The van der Waals surface area contributed by atoms with Crippen molar-refractivity contribution in [2.45, 2.75) is 44.7 Å². The van der Waals surface area contributed by atoms with Gasteiger partial charge in [0.2, 0.25) is 0 Å². The van der Waals surface area contributed by atoms with Gasteiger partial charge in [0.05, 0.1) is 0 Å². The van der Waals surface area contributed by atoms with Gasteiger partial charge in [0.25, 0.3) is 0 Å². The molecule has 2 unspecified atom stereocenters. The van der Waals surface area contributed by atoms with Crippen molar-refractivity contribution >= 4 is 5.82 Å². The number of hydrogen-bond acceptors (Lipinski definition) is 4. The number of anilines is 1. The van der Waals surface area contributed by atoms with Crippen LogP contribution in [-0.4, -0.2) is 29.1 Å². The van der Waals surface area contributed by atoms with Crippen LogP contribution in [0.2, 0.25) is 0 Å². The van der Waals surface area contributed by atoms with Gasteiger partial charge in [0.1, 0.15) is 11.6 Å². The van der Waals surface area contributed by atoms with Crippen LogP contribution in [0.5, 0.6) is 0 Å². The molecule has 0 radical (unpaired) electrons. The minimum absolute atomic E-state index is 0.272. The number of aryl methyl sites for hydroxylation is 1. The molecule has 1 saturated carbocycles. The molecule has 1 aromatic heterocycles. The lowest BCUT2D eigenvalue weighted by atomic mass is 9.90. The summed E-state index contributed by atoms with van der Waals surface area (Å²) in [6, 6.07) is 2.64. The van der Waals surface area contributed by atoms with Gasteiger partial charge in [-0.3, -0.25) is 0 Å². The highest BCUT2D eigenvalue weighted by atomic mass is 15.2. The third-order valence-corrected chi connectivity index (χ3v) is 3.40. The van der Waals surface area contributed by atoms with Gasteiger partial charge < -0.3 is 10.6 Å². The molecule has 4 nitrogen and oxygen atoms in total. The van der Waals surface area contributed by atoms with Crippen LogP contribution in [0.3, 0.4) is 0 Å². The fourth-order valence-electron chi connectivity index (χ4n) is 2.43. The zero-order valence-electron chi connectivity index (χ0n) is 10.1. The summed E-state index contributed by atoms with van der Waals surface area (Å²) in [5, 5.41) is 0. The summed E-state index contributed by atoms with van der Waals surface area (Å²) >= 11 is 0. The first-order valence-corrected chi connectivity index (χ1v) is 5.96. The molecule has 0 aromatic carbocycles. The Morgan fingerprint density at radius 2 is 2.12 bits per heavy atom. The third kappa shape index (κ3) is 2.32. The van der Waals surface area contributed by atoms with E-state index >= 15 is 0 Å². The highest BCUT2D eigenvalue weighted by Gasteiger charge is 2.26. The maximum absolute atomic E-state index is 6.17. The maximum Gasteiger partial charge on any atom is 0.132 e. The molecule has 0 amide bonds. The second-order valence-corrected chi connectivity index (χ2v) is 4.59. The first-order chi connectivity index (χ1) is 7.68. The summed E-state index contributed by atoms with van der Waals surface area (Å²) in [4.78, 5) is 10.8. The van der Waals surface area contributed by atoms with Crippen LogP contribution in [0, 0.1) is 6.92 Å². The van der Waals surface area contributed by atoms with E-state index in [4.69, 9.17) is 5.73 Å². The number of aromatic nitrogens is 2. The van der Waals surface area contributed by atoms with E-state index in [0.29, 0.717) is 6.04 Å². The predicted molar refractivity (Wildman–Crippen MR) is 65.4 cm³/mol. The lowest BCUT2D eigenvalue weighted by Gasteiger charge is -2.36. The molecule has 0 saturated heterocycles. The van der Waals surface area contributed by atoms with Crippen LogP contribution >= 0.6 is 0 Å². The molecule has 1 heterocycles. The second-order valence-electron chi connectivity index (χ2n) is 4.59. The highest BCUT2D eigenvalue weighted by molar-refractivity contribution is 5.38. The summed E-state index contributed by atoms with van der Waals surface area (Å²) in [7, 11) is 2.08. The lowest BCUT2D eigenvalue weighted by Crippen LogP contribution is -2.48. The Morgan fingerprint density at radius 1 is 1.38 bits per heavy atom. The van der Waals surface area contributed by atoms with Crippen molar-refractivity contribution in [3.8, 4) is 0 Å². The van der Waals surface area contributed by atoms with Crippen LogP contribution < -0.4 is 10.6 Å². The predicted octanol–water partition coefficient (Wildman–Crippen LogP) is 1.49. The number of hydrogen-bond donors (Lipinski definition) is 1. The SMILES string of the molecule is Cc1nccc(N(C)C2CCCCC2N)n1. The molecule has 88 valence electrons. The molecule has 0 spiro atoms. The Kier molecular flexibility index (Phi) is 3.39. The first-order valence-electron chi connectivity index (χ1n) is 5.96. The Bertz CT molecular complexity index is 353. The number of nitrogens with zero attached hydrogens (tertiary/aromatic N) is 3. The minimum Gasteiger partial charge on any atom is -0.355 e. The van der Waals surface area contributed by atoms with Gasteiger partial charge in [-0.2, -0.15) is 0 Å². The van der Waals surface area contributed by atoms with Gasteiger partial charge in [-0.1, -0.05) is 12.8 Å². The monoisotopic (exact) mass is 220 g/mol. The molecule has 4 heteroatoms. The Hall–Kier alpha value is -1.16.